The second-order valence-corrected chi connectivity index (χ2v) is 6.08. The number of rotatable bonds is 3. The molecule has 3 aromatic rings. The van der Waals surface area contributed by atoms with Gasteiger partial charge in [-0.15, -0.1) is 0 Å². The first-order valence-electron chi connectivity index (χ1n) is 7.09. The number of carbonyl (C=O) groups excluding carboxylic acids is 1. The molecule has 0 fully saturated rings. The molecule has 0 unspecified atom stereocenters. The van der Waals surface area contributed by atoms with E-state index in [-0.39, 0.29) is 5.91 Å². The van der Waals surface area contributed by atoms with Crippen molar-refractivity contribution in [1.82, 2.24) is 4.57 Å². The third kappa shape index (κ3) is 2.72. The molecule has 0 aliphatic carbocycles. The summed E-state index contributed by atoms with van der Waals surface area (Å²) in [5.41, 5.74) is 2.73. The van der Waals surface area contributed by atoms with Crippen LogP contribution in [-0.2, 0) is 0 Å². The third-order valence-electron chi connectivity index (χ3n) is 3.79. The summed E-state index contributed by atoms with van der Waals surface area (Å²) in [6.45, 7) is 1.54. The molecule has 0 spiro atoms. The van der Waals surface area contributed by atoms with E-state index in [0.717, 1.165) is 26.5 Å². The minimum Gasteiger partial charge on any atom is -0.497 e. The first-order chi connectivity index (χ1) is 11.0. The van der Waals surface area contributed by atoms with Crippen LogP contribution in [0.5, 0.6) is 11.5 Å². The van der Waals surface area contributed by atoms with Gasteiger partial charge >= 0.3 is 0 Å². The van der Waals surface area contributed by atoms with E-state index in [1.165, 1.54) is 6.92 Å². The van der Waals surface area contributed by atoms with Gasteiger partial charge in [0.05, 0.1) is 25.1 Å². The van der Waals surface area contributed by atoms with E-state index in [0.29, 0.717) is 11.5 Å². The molecule has 0 bridgehead atoms. The fraction of sp³-hybridized carbons (Fsp3) is 0.167. The summed E-state index contributed by atoms with van der Waals surface area (Å²) in [5.74, 6) is 1.27. The van der Waals surface area contributed by atoms with Gasteiger partial charge in [-0.05, 0) is 17.7 Å². The lowest BCUT2D eigenvalue weighted by Gasteiger charge is -2.09. The lowest BCUT2D eigenvalue weighted by Crippen LogP contribution is -2.03. The number of hydrogen-bond acceptors (Lipinski definition) is 3. The molecule has 2 aromatic carbocycles. The zero-order chi connectivity index (χ0) is 16.6. The van der Waals surface area contributed by atoms with Crippen molar-refractivity contribution in [3.63, 3.8) is 0 Å². The van der Waals surface area contributed by atoms with Crippen LogP contribution in [0, 0.1) is 0 Å². The van der Waals surface area contributed by atoms with E-state index >= 15 is 0 Å². The molecule has 0 saturated heterocycles. The second kappa shape index (κ2) is 6.08. The Labute approximate surface area is 142 Å². The number of carbonyl (C=O) groups is 1. The van der Waals surface area contributed by atoms with Crippen LogP contribution < -0.4 is 9.47 Å². The molecule has 0 saturated carbocycles. The predicted molar refractivity (Wildman–Crippen MR) is 94.5 cm³/mol. The lowest BCUT2D eigenvalue weighted by atomic mass is 10.0. The summed E-state index contributed by atoms with van der Waals surface area (Å²) >= 11 is 3.44. The normalized spacial score (nSPS) is 10.8. The molecular formula is C18H16BrNO3. The fourth-order valence-electron chi connectivity index (χ4n) is 2.69. The van der Waals surface area contributed by atoms with Crippen molar-refractivity contribution >= 4 is 32.7 Å². The number of nitrogens with zero attached hydrogens (tertiary/aromatic N) is 1. The van der Waals surface area contributed by atoms with Crippen LogP contribution in [0.25, 0.3) is 22.0 Å². The molecule has 1 heterocycles. The van der Waals surface area contributed by atoms with Crippen LogP contribution in [0.4, 0.5) is 0 Å². The minimum atomic E-state index is -0.0614. The quantitative estimate of drug-likeness (QED) is 0.665. The summed E-state index contributed by atoms with van der Waals surface area (Å²) in [6, 6.07) is 11.6. The van der Waals surface area contributed by atoms with Crippen molar-refractivity contribution in [2.45, 2.75) is 6.92 Å². The number of halogens is 1. The van der Waals surface area contributed by atoms with E-state index in [2.05, 4.69) is 15.9 Å². The van der Waals surface area contributed by atoms with Gasteiger partial charge in [-0.2, -0.15) is 0 Å². The fourth-order valence-corrected chi connectivity index (χ4v) is 2.95. The van der Waals surface area contributed by atoms with Gasteiger partial charge in [0.1, 0.15) is 11.5 Å². The predicted octanol–water partition coefficient (Wildman–Crippen LogP) is 4.75. The Bertz CT molecular complexity index is 881. The van der Waals surface area contributed by atoms with Gasteiger partial charge in [0.25, 0.3) is 0 Å². The molecule has 3 rings (SSSR count). The van der Waals surface area contributed by atoms with Crippen LogP contribution >= 0.6 is 15.9 Å². The van der Waals surface area contributed by atoms with Gasteiger partial charge in [0, 0.05) is 35.3 Å². The van der Waals surface area contributed by atoms with Gasteiger partial charge < -0.3 is 9.47 Å². The Hall–Kier alpha value is -2.27. The summed E-state index contributed by atoms with van der Waals surface area (Å²) in [6.07, 6.45) is 1.85. The Balaban J connectivity index is 2.38. The van der Waals surface area contributed by atoms with E-state index in [4.69, 9.17) is 9.47 Å². The van der Waals surface area contributed by atoms with Crippen molar-refractivity contribution in [3.8, 4) is 22.6 Å². The first-order valence-corrected chi connectivity index (χ1v) is 7.88. The van der Waals surface area contributed by atoms with Crippen LogP contribution in [0.1, 0.15) is 11.7 Å². The molecule has 23 heavy (non-hydrogen) atoms. The zero-order valence-corrected chi connectivity index (χ0v) is 14.7. The molecule has 0 radical (unpaired) electrons. The summed E-state index contributed by atoms with van der Waals surface area (Å²) in [5, 5.41) is 0.894. The summed E-state index contributed by atoms with van der Waals surface area (Å²) in [7, 11) is 3.21. The van der Waals surface area contributed by atoms with Crippen LogP contribution in [0.2, 0.25) is 0 Å². The summed E-state index contributed by atoms with van der Waals surface area (Å²) in [4.78, 5) is 12.0. The van der Waals surface area contributed by atoms with Crippen molar-refractivity contribution < 1.29 is 14.3 Å². The topological polar surface area (TPSA) is 40.5 Å². The number of fused-ring (bicyclic) bond motifs is 1. The minimum absolute atomic E-state index is 0.0614. The van der Waals surface area contributed by atoms with E-state index in [1.807, 2.05) is 42.6 Å². The van der Waals surface area contributed by atoms with Crippen LogP contribution in [0.15, 0.2) is 47.1 Å². The first kappa shape index (κ1) is 15.6. The van der Waals surface area contributed by atoms with Crippen molar-refractivity contribution in [3.05, 3.63) is 47.1 Å². The number of benzene rings is 2. The molecule has 0 amide bonds. The van der Waals surface area contributed by atoms with Gasteiger partial charge in [0.15, 0.2) is 0 Å². The van der Waals surface area contributed by atoms with Gasteiger partial charge in [-0.1, -0.05) is 28.1 Å². The SMILES string of the molecule is COc1cc(OC)c2c(-c3ccc(Br)cc3)cn(C(C)=O)c2c1. The molecule has 118 valence electrons. The average molecular weight is 374 g/mol. The Morgan fingerprint density at radius 3 is 2.35 bits per heavy atom. The zero-order valence-electron chi connectivity index (χ0n) is 13.1. The highest BCUT2D eigenvalue weighted by Crippen LogP contribution is 2.40. The number of ether oxygens (including phenoxy) is 2. The maximum absolute atomic E-state index is 12.0. The maximum Gasteiger partial charge on any atom is 0.227 e. The Kier molecular flexibility index (Phi) is 4.13. The average Bonchev–Trinajstić information content (AvgIpc) is 2.94. The van der Waals surface area contributed by atoms with Crippen LogP contribution in [-0.4, -0.2) is 24.7 Å². The molecule has 5 heteroatoms. The van der Waals surface area contributed by atoms with Crippen molar-refractivity contribution in [2.24, 2.45) is 0 Å². The highest BCUT2D eigenvalue weighted by molar-refractivity contribution is 9.10. The molecule has 0 N–H and O–H groups in total. The van der Waals surface area contributed by atoms with Gasteiger partial charge in [-0.3, -0.25) is 9.36 Å². The van der Waals surface area contributed by atoms with Gasteiger partial charge in [0.2, 0.25) is 5.91 Å². The molecule has 4 nitrogen and oxygen atoms in total. The Morgan fingerprint density at radius 1 is 1.09 bits per heavy atom. The van der Waals surface area contributed by atoms with E-state index in [9.17, 15) is 4.79 Å². The van der Waals surface area contributed by atoms with Crippen LogP contribution in [0.3, 0.4) is 0 Å². The largest absolute Gasteiger partial charge is 0.497 e. The highest BCUT2D eigenvalue weighted by Gasteiger charge is 2.18. The molecule has 1 aromatic heterocycles. The van der Waals surface area contributed by atoms with Crippen molar-refractivity contribution in [1.29, 1.82) is 0 Å². The third-order valence-corrected chi connectivity index (χ3v) is 4.32. The van der Waals surface area contributed by atoms with E-state index in [1.54, 1.807) is 18.8 Å². The standard InChI is InChI=1S/C18H16BrNO3/c1-11(21)20-10-15(12-4-6-13(19)7-5-12)18-16(20)8-14(22-2)9-17(18)23-3/h4-10H,1-3H3. The highest BCUT2D eigenvalue weighted by atomic mass is 79.9. The maximum atomic E-state index is 12.0. The van der Waals surface area contributed by atoms with Crippen molar-refractivity contribution in [2.75, 3.05) is 14.2 Å². The monoisotopic (exact) mass is 373 g/mol. The Morgan fingerprint density at radius 2 is 1.78 bits per heavy atom. The second-order valence-electron chi connectivity index (χ2n) is 5.16. The summed E-state index contributed by atoms with van der Waals surface area (Å²) < 4.78 is 13.5. The molecule has 0 aliphatic heterocycles. The number of hydrogen-bond donors (Lipinski definition) is 0. The van der Waals surface area contributed by atoms with Gasteiger partial charge in [-0.25, -0.2) is 0 Å². The smallest absolute Gasteiger partial charge is 0.227 e. The lowest BCUT2D eigenvalue weighted by molar-refractivity contribution is 0.0942. The molecule has 0 aliphatic rings. The molecule has 0 atom stereocenters. The molecular weight excluding hydrogens is 358 g/mol. The van der Waals surface area contributed by atoms with E-state index < -0.39 is 0 Å². The number of aromatic nitrogens is 1. The number of methoxy groups -OCH3 is 2.